The molecule has 1 unspecified atom stereocenters. The quantitative estimate of drug-likeness (QED) is 0.887. The van der Waals surface area contributed by atoms with Gasteiger partial charge in [-0.25, -0.2) is 0 Å². The summed E-state index contributed by atoms with van der Waals surface area (Å²) in [5.41, 5.74) is 0.764. The maximum atomic E-state index is 10.5. The Hall–Kier alpha value is -0.400. The lowest BCUT2D eigenvalue weighted by atomic mass is 10.2. The van der Waals surface area contributed by atoms with Gasteiger partial charge in [0.2, 0.25) is 0 Å². The second-order valence-corrected chi connectivity index (χ2v) is 7.05. The summed E-state index contributed by atoms with van der Waals surface area (Å²) in [5, 5.41) is 14.8. The zero-order valence-electron chi connectivity index (χ0n) is 10.7. The number of nitrogens with zero attached hydrogens (tertiary/aromatic N) is 3. The molecule has 0 aliphatic rings. The summed E-state index contributed by atoms with van der Waals surface area (Å²) in [4.78, 5) is 2.89. The highest BCUT2D eigenvalue weighted by molar-refractivity contribution is 9.10. The highest BCUT2D eigenvalue weighted by atomic mass is 79.9. The molecule has 0 amide bonds. The van der Waals surface area contributed by atoms with Crippen LogP contribution in [0, 0.1) is 0 Å². The molecule has 2 heterocycles. The summed E-state index contributed by atoms with van der Waals surface area (Å²) in [7, 11) is 4.02. The number of aliphatic hydroxyl groups is 1. The van der Waals surface area contributed by atoms with E-state index in [9.17, 15) is 5.11 Å². The fourth-order valence-corrected chi connectivity index (χ4v) is 3.29. The van der Waals surface area contributed by atoms with Crippen LogP contribution in [0.5, 0.6) is 0 Å². The number of halogens is 2. The average Bonchev–Trinajstić information content (AvgIpc) is 2.92. The van der Waals surface area contributed by atoms with Gasteiger partial charge in [0.05, 0.1) is 27.2 Å². The van der Waals surface area contributed by atoms with Gasteiger partial charge in [0, 0.05) is 11.4 Å². The van der Waals surface area contributed by atoms with Crippen LogP contribution in [0.25, 0.3) is 0 Å². The molecule has 0 aliphatic carbocycles. The third-order valence-electron chi connectivity index (χ3n) is 2.71. The molecule has 4 nitrogen and oxygen atoms in total. The fourth-order valence-electron chi connectivity index (χ4n) is 1.73. The third-order valence-corrected chi connectivity index (χ3v) is 4.61. The van der Waals surface area contributed by atoms with Gasteiger partial charge in [-0.3, -0.25) is 4.68 Å². The molecule has 0 aromatic carbocycles. The fraction of sp³-hybridized carbons (Fsp3) is 0.417. The van der Waals surface area contributed by atoms with Crippen molar-refractivity contribution in [1.82, 2.24) is 14.7 Å². The smallest absolute Gasteiger partial charge is 0.131 e. The van der Waals surface area contributed by atoms with E-state index in [4.69, 9.17) is 11.6 Å². The number of likely N-dealkylation sites (N-methyl/N-ethyl adjacent to an activating group) is 1. The van der Waals surface area contributed by atoms with Crippen molar-refractivity contribution in [3.63, 3.8) is 0 Å². The molecule has 2 rings (SSSR count). The molecular weight excluding hydrogens is 350 g/mol. The Labute approximate surface area is 129 Å². The Bertz CT molecular complexity index is 555. The minimum absolute atomic E-state index is 0.671. The van der Waals surface area contributed by atoms with Gasteiger partial charge in [0.1, 0.15) is 6.10 Å². The van der Waals surface area contributed by atoms with Gasteiger partial charge in [0.25, 0.3) is 0 Å². The van der Waals surface area contributed by atoms with Crippen LogP contribution in [-0.4, -0.2) is 40.4 Å². The van der Waals surface area contributed by atoms with Crippen LogP contribution in [0.1, 0.15) is 16.7 Å². The molecule has 1 N–H and O–H groups in total. The predicted molar refractivity (Wildman–Crippen MR) is 81.9 cm³/mol. The molecule has 0 aliphatic heterocycles. The number of thiophene rings is 1. The van der Waals surface area contributed by atoms with E-state index >= 15 is 0 Å². The molecule has 0 saturated heterocycles. The minimum Gasteiger partial charge on any atom is -0.381 e. The van der Waals surface area contributed by atoms with Crippen molar-refractivity contribution in [2.75, 3.05) is 20.6 Å². The standard InChI is InChI=1S/C12H15BrClN3OS/c1-16(2)5-6-17-11(8(13)7-15-17)12(18)9-3-4-10(14)19-9/h3-4,7,12,18H,5-6H2,1-2H3. The van der Waals surface area contributed by atoms with Crippen molar-refractivity contribution in [3.8, 4) is 0 Å². The van der Waals surface area contributed by atoms with E-state index in [-0.39, 0.29) is 0 Å². The molecule has 0 radical (unpaired) electrons. The second kappa shape index (κ2) is 6.37. The SMILES string of the molecule is CN(C)CCn1ncc(Br)c1C(O)c1ccc(Cl)s1. The molecule has 0 bridgehead atoms. The van der Waals surface area contributed by atoms with E-state index in [1.54, 1.807) is 12.3 Å². The van der Waals surface area contributed by atoms with Crippen molar-refractivity contribution in [1.29, 1.82) is 0 Å². The zero-order valence-corrected chi connectivity index (χ0v) is 13.8. The lowest BCUT2D eigenvalue weighted by Gasteiger charge is -2.15. The number of aromatic nitrogens is 2. The Kier molecular flexibility index (Phi) is 5.03. The molecule has 0 saturated carbocycles. The largest absolute Gasteiger partial charge is 0.381 e. The van der Waals surface area contributed by atoms with E-state index < -0.39 is 6.10 Å². The van der Waals surface area contributed by atoms with Crippen LogP contribution in [-0.2, 0) is 6.54 Å². The molecular formula is C12H15BrClN3OS. The molecule has 104 valence electrons. The third kappa shape index (κ3) is 3.58. The van der Waals surface area contributed by atoms with Crippen LogP contribution in [0.3, 0.4) is 0 Å². The first-order valence-corrected chi connectivity index (χ1v) is 7.77. The van der Waals surface area contributed by atoms with Gasteiger partial charge in [-0.05, 0) is 42.2 Å². The summed E-state index contributed by atoms with van der Waals surface area (Å²) in [6.07, 6.45) is 1.00. The van der Waals surface area contributed by atoms with Gasteiger partial charge in [-0.1, -0.05) is 11.6 Å². The van der Waals surface area contributed by atoms with Crippen molar-refractivity contribution in [2.24, 2.45) is 0 Å². The van der Waals surface area contributed by atoms with E-state index in [0.29, 0.717) is 4.34 Å². The summed E-state index contributed by atoms with van der Waals surface area (Å²) in [5.74, 6) is 0. The molecule has 2 aromatic rings. The van der Waals surface area contributed by atoms with Crippen LogP contribution in [0.2, 0.25) is 4.34 Å². The number of aliphatic hydroxyl groups excluding tert-OH is 1. The minimum atomic E-state index is -0.712. The van der Waals surface area contributed by atoms with E-state index in [0.717, 1.165) is 28.1 Å². The summed E-state index contributed by atoms with van der Waals surface area (Å²) in [6, 6.07) is 3.63. The van der Waals surface area contributed by atoms with Gasteiger partial charge < -0.3 is 10.0 Å². The Morgan fingerprint density at radius 3 is 2.84 bits per heavy atom. The molecule has 19 heavy (non-hydrogen) atoms. The lowest BCUT2D eigenvalue weighted by molar-refractivity contribution is 0.208. The van der Waals surface area contributed by atoms with Crippen molar-refractivity contribution in [3.05, 3.63) is 37.7 Å². The maximum Gasteiger partial charge on any atom is 0.131 e. The molecule has 2 aromatic heterocycles. The van der Waals surface area contributed by atoms with Gasteiger partial charge in [-0.2, -0.15) is 5.10 Å². The van der Waals surface area contributed by atoms with E-state index in [2.05, 4.69) is 25.9 Å². The Morgan fingerprint density at radius 1 is 1.53 bits per heavy atom. The topological polar surface area (TPSA) is 41.3 Å². The lowest BCUT2D eigenvalue weighted by Crippen LogP contribution is -2.21. The van der Waals surface area contributed by atoms with Crippen LogP contribution in [0.4, 0.5) is 0 Å². The van der Waals surface area contributed by atoms with E-state index in [1.165, 1.54) is 11.3 Å². The first-order chi connectivity index (χ1) is 8.99. The first-order valence-electron chi connectivity index (χ1n) is 5.78. The molecule has 1 atom stereocenters. The van der Waals surface area contributed by atoms with Gasteiger partial charge in [-0.15, -0.1) is 11.3 Å². The average molecular weight is 365 g/mol. The van der Waals surface area contributed by atoms with Crippen molar-refractivity contribution >= 4 is 38.9 Å². The number of rotatable bonds is 5. The van der Waals surface area contributed by atoms with E-state index in [1.807, 2.05) is 24.8 Å². The summed E-state index contributed by atoms with van der Waals surface area (Å²) >= 11 is 10.7. The first kappa shape index (κ1) is 15.0. The van der Waals surface area contributed by atoms with Crippen molar-refractivity contribution in [2.45, 2.75) is 12.6 Å². The summed E-state index contributed by atoms with van der Waals surface area (Å²) in [6.45, 7) is 1.59. The Morgan fingerprint density at radius 2 is 2.26 bits per heavy atom. The highest BCUT2D eigenvalue weighted by Crippen LogP contribution is 2.34. The Balaban J connectivity index is 2.25. The van der Waals surface area contributed by atoms with Crippen LogP contribution < -0.4 is 0 Å². The number of hydrogen-bond acceptors (Lipinski definition) is 4. The number of hydrogen-bond donors (Lipinski definition) is 1. The van der Waals surface area contributed by atoms with Gasteiger partial charge in [0.15, 0.2) is 0 Å². The normalized spacial score (nSPS) is 13.2. The molecule has 0 fully saturated rings. The predicted octanol–water partition coefficient (Wildman–Crippen LogP) is 3.00. The van der Waals surface area contributed by atoms with Crippen molar-refractivity contribution < 1.29 is 5.11 Å². The maximum absolute atomic E-state index is 10.5. The van der Waals surface area contributed by atoms with Gasteiger partial charge >= 0.3 is 0 Å². The monoisotopic (exact) mass is 363 g/mol. The zero-order chi connectivity index (χ0) is 14.0. The highest BCUT2D eigenvalue weighted by Gasteiger charge is 2.21. The molecule has 7 heteroatoms. The second-order valence-electron chi connectivity index (χ2n) is 4.45. The van der Waals surface area contributed by atoms with Crippen LogP contribution >= 0.6 is 38.9 Å². The summed E-state index contributed by atoms with van der Waals surface area (Å²) < 4.78 is 3.30. The molecule has 0 spiro atoms. The van der Waals surface area contributed by atoms with Crippen LogP contribution in [0.15, 0.2) is 22.8 Å².